The summed E-state index contributed by atoms with van der Waals surface area (Å²) in [6.07, 6.45) is 1.71. The fourth-order valence-corrected chi connectivity index (χ4v) is 3.71. The van der Waals surface area contributed by atoms with Gasteiger partial charge in [0.1, 0.15) is 5.75 Å². The van der Waals surface area contributed by atoms with E-state index < -0.39 is 0 Å². The van der Waals surface area contributed by atoms with Crippen LogP contribution >= 0.6 is 0 Å². The molecular weight excluding hydrogens is 376 g/mol. The van der Waals surface area contributed by atoms with E-state index in [2.05, 4.69) is 5.32 Å². The topological polar surface area (TPSA) is 58.6 Å². The van der Waals surface area contributed by atoms with Gasteiger partial charge in [0.15, 0.2) is 0 Å². The number of benzene rings is 3. The average Bonchev–Trinajstić information content (AvgIpc) is 2.78. The van der Waals surface area contributed by atoms with Crippen molar-refractivity contribution in [2.45, 2.75) is 19.8 Å². The molecule has 0 fully saturated rings. The lowest BCUT2D eigenvalue weighted by Gasteiger charge is -2.30. The molecule has 1 N–H and O–H groups in total. The van der Waals surface area contributed by atoms with Gasteiger partial charge in [-0.15, -0.1) is 0 Å². The molecule has 0 spiro atoms. The SMILES string of the molecule is COc1cccc(NC(=O)c2ccc3c(c2)CCCN3C(=O)c2ccc(C)cc2)c1. The first-order chi connectivity index (χ1) is 14.5. The van der Waals surface area contributed by atoms with E-state index in [1.165, 1.54) is 0 Å². The summed E-state index contributed by atoms with van der Waals surface area (Å²) in [5.41, 5.74) is 4.93. The van der Waals surface area contributed by atoms with Gasteiger partial charge in [0.25, 0.3) is 11.8 Å². The van der Waals surface area contributed by atoms with Crippen LogP contribution < -0.4 is 15.0 Å². The van der Waals surface area contributed by atoms with Crippen LogP contribution in [0.5, 0.6) is 5.75 Å². The smallest absolute Gasteiger partial charge is 0.258 e. The number of hydrogen-bond acceptors (Lipinski definition) is 3. The third kappa shape index (κ3) is 4.06. The van der Waals surface area contributed by atoms with E-state index in [-0.39, 0.29) is 11.8 Å². The molecule has 5 heteroatoms. The number of fused-ring (bicyclic) bond motifs is 1. The molecule has 0 aromatic heterocycles. The van der Waals surface area contributed by atoms with Gasteiger partial charge in [-0.1, -0.05) is 23.8 Å². The molecule has 30 heavy (non-hydrogen) atoms. The Bertz CT molecular complexity index is 1090. The number of carbonyl (C=O) groups excluding carboxylic acids is 2. The molecule has 0 radical (unpaired) electrons. The highest BCUT2D eigenvalue weighted by atomic mass is 16.5. The summed E-state index contributed by atoms with van der Waals surface area (Å²) >= 11 is 0. The second-order valence-corrected chi connectivity index (χ2v) is 7.46. The molecule has 0 saturated carbocycles. The minimum absolute atomic E-state index is 0.00969. The maximum Gasteiger partial charge on any atom is 0.258 e. The number of nitrogens with one attached hydrogen (secondary N) is 1. The van der Waals surface area contributed by atoms with Crippen molar-refractivity contribution in [1.82, 2.24) is 0 Å². The summed E-state index contributed by atoms with van der Waals surface area (Å²) in [6.45, 7) is 2.68. The lowest BCUT2D eigenvalue weighted by atomic mass is 9.98. The quantitative estimate of drug-likeness (QED) is 0.681. The highest BCUT2D eigenvalue weighted by molar-refractivity contribution is 6.08. The standard InChI is InChI=1S/C25H24N2O3/c1-17-8-10-18(11-9-17)25(29)27-14-4-5-19-15-20(12-13-23(19)27)24(28)26-21-6-3-7-22(16-21)30-2/h3,6-13,15-16H,4-5,14H2,1-2H3,(H,26,28). The highest BCUT2D eigenvalue weighted by Crippen LogP contribution is 2.30. The van der Waals surface area contributed by atoms with Gasteiger partial charge in [-0.2, -0.15) is 0 Å². The summed E-state index contributed by atoms with van der Waals surface area (Å²) in [6, 6.07) is 20.4. The van der Waals surface area contributed by atoms with Crippen LogP contribution in [0.25, 0.3) is 0 Å². The van der Waals surface area contributed by atoms with E-state index >= 15 is 0 Å². The van der Waals surface area contributed by atoms with Crippen LogP contribution in [-0.2, 0) is 6.42 Å². The molecule has 1 heterocycles. The van der Waals surface area contributed by atoms with Crippen molar-refractivity contribution in [2.24, 2.45) is 0 Å². The first-order valence-electron chi connectivity index (χ1n) is 10.0. The van der Waals surface area contributed by atoms with Crippen molar-refractivity contribution in [1.29, 1.82) is 0 Å². The molecule has 1 aliphatic heterocycles. The number of anilines is 2. The summed E-state index contributed by atoms with van der Waals surface area (Å²) < 4.78 is 5.20. The second-order valence-electron chi connectivity index (χ2n) is 7.46. The summed E-state index contributed by atoms with van der Waals surface area (Å²) in [5.74, 6) is 0.487. The van der Waals surface area contributed by atoms with E-state index in [1.807, 2.05) is 66.4 Å². The first-order valence-corrected chi connectivity index (χ1v) is 10.0. The van der Waals surface area contributed by atoms with Crippen LogP contribution in [0.15, 0.2) is 66.7 Å². The largest absolute Gasteiger partial charge is 0.497 e. The Kier molecular flexibility index (Phi) is 5.53. The summed E-state index contributed by atoms with van der Waals surface area (Å²) in [5, 5.41) is 2.91. The Morgan fingerprint density at radius 1 is 0.967 bits per heavy atom. The van der Waals surface area contributed by atoms with Gasteiger partial charge in [-0.05, 0) is 67.8 Å². The zero-order chi connectivity index (χ0) is 21.1. The highest BCUT2D eigenvalue weighted by Gasteiger charge is 2.24. The van der Waals surface area contributed by atoms with Gasteiger partial charge >= 0.3 is 0 Å². The average molecular weight is 400 g/mol. The van der Waals surface area contributed by atoms with Gasteiger partial charge in [0, 0.05) is 35.1 Å². The Labute approximate surface area is 176 Å². The van der Waals surface area contributed by atoms with Crippen LogP contribution in [0.1, 0.15) is 38.3 Å². The van der Waals surface area contributed by atoms with E-state index in [0.717, 1.165) is 29.7 Å². The number of methoxy groups -OCH3 is 1. The predicted octanol–water partition coefficient (Wildman–Crippen LogP) is 4.85. The second kappa shape index (κ2) is 8.41. The predicted molar refractivity (Wildman–Crippen MR) is 119 cm³/mol. The normalized spacial score (nSPS) is 12.8. The molecule has 5 nitrogen and oxygen atoms in total. The minimum Gasteiger partial charge on any atom is -0.497 e. The molecule has 1 aliphatic rings. The zero-order valence-corrected chi connectivity index (χ0v) is 17.1. The Morgan fingerprint density at radius 2 is 1.73 bits per heavy atom. The van der Waals surface area contributed by atoms with Crippen molar-refractivity contribution in [3.05, 3.63) is 89.0 Å². The van der Waals surface area contributed by atoms with Gasteiger partial charge < -0.3 is 15.0 Å². The number of rotatable bonds is 4. The molecule has 3 aromatic rings. The number of nitrogens with zero attached hydrogens (tertiary/aromatic N) is 1. The molecule has 0 saturated heterocycles. The van der Waals surface area contributed by atoms with Crippen LogP contribution in [0.2, 0.25) is 0 Å². The molecule has 152 valence electrons. The van der Waals surface area contributed by atoms with Gasteiger partial charge in [-0.3, -0.25) is 9.59 Å². The van der Waals surface area contributed by atoms with E-state index in [9.17, 15) is 9.59 Å². The monoisotopic (exact) mass is 400 g/mol. The Balaban J connectivity index is 1.56. The zero-order valence-electron chi connectivity index (χ0n) is 17.1. The number of carbonyl (C=O) groups is 2. The van der Waals surface area contributed by atoms with Crippen molar-refractivity contribution in [3.63, 3.8) is 0 Å². The lowest BCUT2D eigenvalue weighted by molar-refractivity contribution is 0.0984. The van der Waals surface area contributed by atoms with Crippen molar-refractivity contribution < 1.29 is 14.3 Å². The van der Waals surface area contributed by atoms with Crippen molar-refractivity contribution in [2.75, 3.05) is 23.9 Å². The number of hydrogen-bond donors (Lipinski definition) is 1. The maximum atomic E-state index is 13.0. The molecule has 0 aliphatic carbocycles. The van der Waals surface area contributed by atoms with Crippen LogP contribution in [-0.4, -0.2) is 25.5 Å². The van der Waals surface area contributed by atoms with Crippen molar-refractivity contribution >= 4 is 23.2 Å². The third-order valence-corrected chi connectivity index (χ3v) is 5.33. The van der Waals surface area contributed by atoms with E-state index in [1.54, 1.807) is 19.2 Å². The third-order valence-electron chi connectivity index (χ3n) is 5.33. The molecular formula is C25H24N2O3. The molecule has 2 amide bonds. The number of ether oxygens (including phenoxy) is 1. The van der Waals surface area contributed by atoms with Crippen LogP contribution in [0.3, 0.4) is 0 Å². The fourth-order valence-electron chi connectivity index (χ4n) is 3.71. The van der Waals surface area contributed by atoms with Gasteiger partial charge in [0.2, 0.25) is 0 Å². The molecule has 3 aromatic carbocycles. The summed E-state index contributed by atoms with van der Waals surface area (Å²) in [7, 11) is 1.59. The van der Waals surface area contributed by atoms with Crippen molar-refractivity contribution in [3.8, 4) is 5.75 Å². The van der Waals surface area contributed by atoms with Gasteiger partial charge in [0.05, 0.1) is 7.11 Å². The Morgan fingerprint density at radius 3 is 2.50 bits per heavy atom. The van der Waals surface area contributed by atoms with E-state index in [4.69, 9.17) is 4.74 Å². The maximum absolute atomic E-state index is 13.0. The lowest BCUT2D eigenvalue weighted by Crippen LogP contribution is -2.35. The van der Waals surface area contributed by atoms with Crippen LogP contribution in [0.4, 0.5) is 11.4 Å². The van der Waals surface area contributed by atoms with Crippen LogP contribution in [0, 0.1) is 6.92 Å². The van der Waals surface area contributed by atoms with E-state index in [0.29, 0.717) is 29.1 Å². The fraction of sp³-hybridized carbons (Fsp3) is 0.200. The summed E-state index contributed by atoms with van der Waals surface area (Å²) in [4.78, 5) is 27.6. The minimum atomic E-state index is -0.187. The molecule has 0 atom stereocenters. The number of aryl methyl sites for hydroxylation is 2. The Hall–Kier alpha value is -3.60. The molecule has 4 rings (SSSR count). The number of amides is 2. The van der Waals surface area contributed by atoms with Gasteiger partial charge in [-0.25, -0.2) is 0 Å². The molecule has 0 bridgehead atoms. The first kappa shape index (κ1) is 19.7. The molecule has 0 unspecified atom stereocenters.